The van der Waals surface area contributed by atoms with Gasteiger partial charge in [0.2, 0.25) is 0 Å². The van der Waals surface area contributed by atoms with Crippen LogP contribution in [0.1, 0.15) is 32.5 Å². The molecule has 1 aromatic rings. The average Bonchev–Trinajstić information content (AvgIpc) is 3.05. The van der Waals surface area contributed by atoms with Gasteiger partial charge in [-0.05, 0) is 19.4 Å². The number of amides is 1. The number of aromatic nitrogens is 3. The lowest BCUT2D eigenvalue weighted by atomic mass is 9.84. The monoisotopic (exact) mass is 263 g/mol. The quantitative estimate of drug-likeness (QED) is 0.798. The second-order valence-corrected chi connectivity index (χ2v) is 5.49. The SMILES string of the molecule is CCc1ncn(C(=O)N2CCC23CCN(CC)C3)n1. The lowest BCUT2D eigenvalue weighted by Gasteiger charge is -2.50. The van der Waals surface area contributed by atoms with E-state index in [9.17, 15) is 4.79 Å². The van der Waals surface area contributed by atoms with Crippen molar-refractivity contribution in [3.05, 3.63) is 12.2 Å². The van der Waals surface area contributed by atoms with Crippen molar-refractivity contribution in [2.75, 3.05) is 26.2 Å². The molecule has 1 atom stereocenters. The molecule has 3 rings (SSSR count). The summed E-state index contributed by atoms with van der Waals surface area (Å²) in [6, 6.07) is -0.0172. The van der Waals surface area contributed by atoms with E-state index in [1.165, 1.54) is 4.68 Å². The van der Waals surface area contributed by atoms with E-state index in [0.717, 1.165) is 51.3 Å². The van der Waals surface area contributed by atoms with Crippen molar-refractivity contribution in [3.63, 3.8) is 0 Å². The van der Waals surface area contributed by atoms with Gasteiger partial charge in [0.15, 0.2) is 5.82 Å². The van der Waals surface area contributed by atoms with E-state index in [1.807, 2.05) is 11.8 Å². The van der Waals surface area contributed by atoms with E-state index in [1.54, 1.807) is 6.33 Å². The fourth-order valence-electron chi connectivity index (χ4n) is 3.15. The number of carbonyl (C=O) groups is 1. The van der Waals surface area contributed by atoms with Crippen LogP contribution in [0.3, 0.4) is 0 Å². The maximum atomic E-state index is 12.5. The Labute approximate surface area is 113 Å². The maximum absolute atomic E-state index is 12.5. The smallest absolute Gasteiger partial charge is 0.316 e. The molecule has 0 aromatic carbocycles. The van der Waals surface area contributed by atoms with Gasteiger partial charge in [0, 0.05) is 26.1 Å². The van der Waals surface area contributed by atoms with Gasteiger partial charge in [-0.1, -0.05) is 13.8 Å². The van der Waals surface area contributed by atoms with Gasteiger partial charge < -0.3 is 9.80 Å². The van der Waals surface area contributed by atoms with Crippen molar-refractivity contribution in [3.8, 4) is 0 Å². The molecular weight excluding hydrogens is 242 g/mol. The van der Waals surface area contributed by atoms with Gasteiger partial charge in [0.1, 0.15) is 6.33 Å². The molecule has 2 aliphatic rings. The molecule has 3 heterocycles. The maximum Gasteiger partial charge on any atom is 0.346 e. The van der Waals surface area contributed by atoms with Crippen molar-refractivity contribution >= 4 is 6.03 Å². The zero-order valence-corrected chi connectivity index (χ0v) is 11.7. The first-order chi connectivity index (χ1) is 9.18. The van der Waals surface area contributed by atoms with E-state index >= 15 is 0 Å². The summed E-state index contributed by atoms with van der Waals surface area (Å²) in [5.74, 6) is 0.726. The van der Waals surface area contributed by atoms with Crippen molar-refractivity contribution in [2.45, 2.75) is 38.6 Å². The number of likely N-dealkylation sites (tertiary alicyclic amines) is 2. The predicted octanol–water partition coefficient (Wildman–Crippen LogP) is 0.979. The van der Waals surface area contributed by atoms with Gasteiger partial charge in [-0.15, -0.1) is 5.10 Å². The first-order valence-corrected chi connectivity index (χ1v) is 7.13. The summed E-state index contributed by atoms with van der Waals surface area (Å²) in [5, 5.41) is 4.23. The van der Waals surface area contributed by atoms with E-state index in [2.05, 4.69) is 21.9 Å². The Hall–Kier alpha value is -1.43. The fraction of sp³-hybridized carbons (Fsp3) is 0.769. The number of rotatable bonds is 2. The summed E-state index contributed by atoms with van der Waals surface area (Å²) in [6.07, 6.45) is 4.50. The number of carbonyl (C=O) groups excluding carboxylic acids is 1. The highest BCUT2D eigenvalue weighted by Crippen LogP contribution is 2.39. The summed E-state index contributed by atoms with van der Waals surface area (Å²) in [4.78, 5) is 21.0. The molecule has 19 heavy (non-hydrogen) atoms. The molecule has 1 unspecified atom stereocenters. The summed E-state index contributed by atoms with van der Waals surface area (Å²) in [5.41, 5.74) is 0.0609. The number of likely N-dealkylation sites (N-methyl/N-ethyl adjacent to an activating group) is 1. The Bertz CT molecular complexity index is 485. The van der Waals surface area contributed by atoms with Crippen LogP contribution in [0.5, 0.6) is 0 Å². The first kappa shape index (κ1) is 12.6. The molecule has 0 N–H and O–H groups in total. The van der Waals surface area contributed by atoms with Crippen LogP contribution < -0.4 is 0 Å². The van der Waals surface area contributed by atoms with Crippen LogP contribution in [0.2, 0.25) is 0 Å². The summed E-state index contributed by atoms with van der Waals surface area (Å²) < 4.78 is 1.40. The van der Waals surface area contributed by atoms with Crippen LogP contribution in [-0.4, -0.2) is 62.3 Å². The number of hydrogen-bond donors (Lipinski definition) is 0. The van der Waals surface area contributed by atoms with Crippen molar-refractivity contribution in [1.29, 1.82) is 0 Å². The molecule has 2 saturated heterocycles. The molecule has 6 nitrogen and oxygen atoms in total. The minimum atomic E-state index is -0.0172. The highest BCUT2D eigenvalue weighted by atomic mass is 16.2. The average molecular weight is 263 g/mol. The van der Waals surface area contributed by atoms with E-state index in [0.29, 0.717) is 0 Å². The van der Waals surface area contributed by atoms with Crippen molar-refractivity contribution in [2.24, 2.45) is 0 Å². The lowest BCUT2D eigenvalue weighted by Crippen LogP contribution is -2.64. The molecule has 2 aliphatic heterocycles. The molecule has 0 bridgehead atoms. The van der Waals surface area contributed by atoms with Crippen LogP contribution in [0.25, 0.3) is 0 Å². The molecule has 0 aliphatic carbocycles. The largest absolute Gasteiger partial charge is 0.346 e. The highest BCUT2D eigenvalue weighted by Gasteiger charge is 2.51. The molecule has 1 spiro atoms. The molecule has 6 heteroatoms. The standard InChI is InChI=1S/C13H21N5O/c1-3-11-14-10-18(15-11)12(19)17-8-6-13(17)5-7-16(4-2)9-13/h10H,3-9H2,1-2H3. The lowest BCUT2D eigenvalue weighted by molar-refractivity contribution is 0.0303. The Balaban J connectivity index is 1.74. The van der Waals surface area contributed by atoms with Gasteiger partial charge in [-0.3, -0.25) is 0 Å². The van der Waals surface area contributed by atoms with Crippen LogP contribution >= 0.6 is 0 Å². The molecule has 1 aromatic heterocycles. The third kappa shape index (κ3) is 1.94. The van der Waals surface area contributed by atoms with Crippen molar-refractivity contribution < 1.29 is 4.79 Å². The number of aryl methyl sites for hydroxylation is 1. The normalized spacial score (nSPS) is 26.9. The minimum Gasteiger partial charge on any atom is -0.316 e. The minimum absolute atomic E-state index is 0.0172. The molecular formula is C13H21N5O. The van der Waals surface area contributed by atoms with E-state index in [4.69, 9.17) is 0 Å². The van der Waals surface area contributed by atoms with Gasteiger partial charge in [0.25, 0.3) is 0 Å². The topological polar surface area (TPSA) is 54.3 Å². The fourth-order valence-corrected chi connectivity index (χ4v) is 3.15. The van der Waals surface area contributed by atoms with E-state index < -0.39 is 0 Å². The van der Waals surface area contributed by atoms with Gasteiger partial charge in [-0.25, -0.2) is 9.78 Å². The zero-order valence-electron chi connectivity index (χ0n) is 11.7. The van der Waals surface area contributed by atoms with E-state index in [-0.39, 0.29) is 11.6 Å². The first-order valence-electron chi connectivity index (χ1n) is 7.13. The second-order valence-electron chi connectivity index (χ2n) is 5.49. The second kappa shape index (κ2) is 4.59. The molecule has 104 valence electrons. The number of nitrogens with zero attached hydrogens (tertiary/aromatic N) is 5. The van der Waals surface area contributed by atoms with Crippen LogP contribution in [0, 0.1) is 0 Å². The van der Waals surface area contributed by atoms with Gasteiger partial charge in [0.05, 0.1) is 5.54 Å². The molecule has 1 amide bonds. The Kier molecular flexibility index (Phi) is 3.05. The van der Waals surface area contributed by atoms with Gasteiger partial charge >= 0.3 is 6.03 Å². The third-order valence-electron chi connectivity index (χ3n) is 4.51. The van der Waals surface area contributed by atoms with Crippen molar-refractivity contribution in [1.82, 2.24) is 24.6 Å². The molecule has 0 radical (unpaired) electrons. The molecule has 2 fully saturated rings. The van der Waals surface area contributed by atoms with Crippen LogP contribution in [0.4, 0.5) is 4.79 Å². The Morgan fingerprint density at radius 2 is 2.16 bits per heavy atom. The highest BCUT2D eigenvalue weighted by molar-refractivity contribution is 5.77. The number of hydrogen-bond acceptors (Lipinski definition) is 4. The predicted molar refractivity (Wildman–Crippen MR) is 71.0 cm³/mol. The summed E-state index contributed by atoms with van der Waals surface area (Å²) in [6.45, 7) is 8.17. The van der Waals surface area contributed by atoms with Crippen LogP contribution in [-0.2, 0) is 6.42 Å². The van der Waals surface area contributed by atoms with Gasteiger partial charge in [-0.2, -0.15) is 4.68 Å². The zero-order chi connectivity index (χ0) is 13.5. The summed E-state index contributed by atoms with van der Waals surface area (Å²) in [7, 11) is 0. The Morgan fingerprint density at radius 1 is 1.37 bits per heavy atom. The van der Waals surface area contributed by atoms with Crippen LogP contribution in [0.15, 0.2) is 6.33 Å². The summed E-state index contributed by atoms with van der Waals surface area (Å²) >= 11 is 0. The molecule has 0 saturated carbocycles. The Morgan fingerprint density at radius 3 is 2.68 bits per heavy atom. The third-order valence-corrected chi connectivity index (χ3v) is 4.51.